The Morgan fingerprint density at radius 3 is 2.72 bits per heavy atom. The lowest BCUT2D eigenvalue weighted by Gasteiger charge is -2.06. The van der Waals surface area contributed by atoms with E-state index in [4.69, 9.17) is 10.8 Å². The molecule has 0 spiro atoms. The summed E-state index contributed by atoms with van der Waals surface area (Å²) in [6, 6.07) is 11.6. The topological polar surface area (TPSA) is 92.0 Å². The van der Waals surface area contributed by atoms with E-state index in [1.165, 1.54) is 0 Å². The average molecular weight is 245 g/mol. The lowest BCUT2D eigenvalue weighted by atomic mass is 10.0. The van der Waals surface area contributed by atoms with Gasteiger partial charge in [0.05, 0.1) is 11.6 Å². The van der Waals surface area contributed by atoms with Crippen LogP contribution in [0.4, 0.5) is 0 Å². The summed E-state index contributed by atoms with van der Waals surface area (Å²) in [4.78, 5) is 10.9. The predicted molar refractivity (Wildman–Crippen MR) is 67.9 cm³/mol. The minimum atomic E-state index is -0.881. The smallest absolute Gasteiger partial charge is 0.308 e. The monoisotopic (exact) mass is 245 g/mol. The number of carboxylic acid groups (broad SMARTS) is 1. The maximum atomic E-state index is 10.9. The SMILES string of the molecule is NC[C@@H](Cc1cc(-c2ccccc2)n[nH]1)C(=O)O. The van der Waals surface area contributed by atoms with E-state index in [2.05, 4.69) is 10.2 Å². The lowest BCUT2D eigenvalue weighted by Crippen LogP contribution is -2.25. The Morgan fingerprint density at radius 1 is 1.39 bits per heavy atom. The number of H-pyrrole nitrogens is 1. The Bertz CT molecular complexity index is 522. The van der Waals surface area contributed by atoms with E-state index in [1.54, 1.807) is 0 Å². The Labute approximate surface area is 105 Å². The van der Waals surface area contributed by atoms with Crippen molar-refractivity contribution in [3.05, 3.63) is 42.1 Å². The zero-order valence-electron chi connectivity index (χ0n) is 9.84. The highest BCUT2D eigenvalue weighted by atomic mass is 16.4. The van der Waals surface area contributed by atoms with Gasteiger partial charge in [-0.05, 0) is 6.07 Å². The first kappa shape index (κ1) is 12.3. The highest BCUT2D eigenvalue weighted by molar-refractivity contribution is 5.70. The second-order valence-electron chi connectivity index (χ2n) is 4.12. The van der Waals surface area contributed by atoms with Crippen LogP contribution in [0.25, 0.3) is 11.3 Å². The standard InChI is InChI=1S/C13H15N3O2/c14-8-10(13(17)18)6-11-7-12(16-15-11)9-4-2-1-3-5-9/h1-5,7,10H,6,8,14H2,(H,15,16)(H,17,18)/t10-/m1/s1. The highest BCUT2D eigenvalue weighted by Gasteiger charge is 2.17. The molecule has 0 saturated heterocycles. The summed E-state index contributed by atoms with van der Waals surface area (Å²) < 4.78 is 0. The summed E-state index contributed by atoms with van der Waals surface area (Å²) in [6.07, 6.45) is 0.367. The summed E-state index contributed by atoms with van der Waals surface area (Å²) in [6.45, 7) is 0.120. The van der Waals surface area contributed by atoms with Gasteiger partial charge in [0.2, 0.25) is 0 Å². The molecule has 1 atom stereocenters. The van der Waals surface area contributed by atoms with Crippen LogP contribution in [0.5, 0.6) is 0 Å². The van der Waals surface area contributed by atoms with Crippen LogP contribution in [-0.4, -0.2) is 27.8 Å². The maximum Gasteiger partial charge on any atom is 0.308 e. The van der Waals surface area contributed by atoms with Crippen molar-refractivity contribution in [3.63, 3.8) is 0 Å². The molecule has 0 bridgehead atoms. The molecule has 0 radical (unpaired) electrons. The van der Waals surface area contributed by atoms with Crippen LogP contribution in [0, 0.1) is 5.92 Å². The molecule has 0 amide bonds. The summed E-state index contributed by atoms with van der Waals surface area (Å²) >= 11 is 0. The van der Waals surface area contributed by atoms with Gasteiger partial charge in [0, 0.05) is 24.2 Å². The van der Waals surface area contributed by atoms with Gasteiger partial charge >= 0.3 is 5.97 Å². The summed E-state index contributed by atoms with van der Waals surface area (Å²) in [5.41, 5.74) is 8.02. The van der Waals surface area contributed by atoms with Crippen LogP contribution in [0.1, 0.15) is 5.69 Å². The van der Waals surface area contributed by atoms with Crippen LogP contribution in [0.2, 0.25) is 0 Å². The first-order valence-corrected chi connectivity index (χ1v) is 5.73. The van der Waals surface area contributed by atoms with Crippen molar-refractivity contribution < 1.29 is 9.90 Å². The van der Waals surface area contributed by atoms with Crippen molar-refractivity contribution in [3.8, 4) is 11.3 Å². The largest absolute Gasteiger partial charge is 0.481 e. The van der Waals surface area contributed by atoms with Gasteiger partial charge < -0.3 is 10.8 Å². The van der Waals surface area contributed by atoms with Gasteiger partial charge in [0.25, 0.3) is 0 Å². The fourth-order valence-electron chi connectivity index (χ4n) is 1.76. The molecule has 0 aliphatic carbocycles. The first-order valence-electron chi connectivity index (χ1n) is 5.73. The summed E-state index contributed by atoms with van der Waals surface area (Å²) in [5, 5.41) is 16.0. The number of aromatic nitrogens is 2. The van der Waals surface area contributed by atoms with E-state index in [9.17, 15) is 4.79 Å². The van der Waals surface area contributed by atoms with E-state index < -0.39 is 11.9 Å². The molecule has 5 heteroatoms. The Kier molecular flexibility index (Phi) is 3.74. The lowest BCUT2D eigenvalue weighted by molar-refractivity contribution is -0.141. The van der Waals surface area contributed by atoms with Gasteiger partial charge in [-0.1, -0.05) is 30.3 Å². The molecule has 0 aliphatic rings. The molecule has 1 aromatic heterocycles. The number of benzene rings is 1. The fourth-order valence-corrected chi connectivity index (χ4v) is 1.76. The zero-order chi connectivity index (χ0) is 13.0. The van der Waals surface area contributed by atoms with Crippen LogP contribution < -0.4 is 5.73 Å². The van der Waals surface area contributed by atoms with Gasteiger partial charge in [0.1, 0.15) is 0 Å². The van der Waals surface area contributed by atoms with E-state index in [1.807, 2.05) is 36.4 Å². The molecular weight excluding hydrogens is 230 g/mol. The van der Waals surface area contributed by atoms with Crippen molar-refractivity contribution in [2.45, 2.75) is 6.42 Å². The Morgan fingerprint density at radius 2 is 2.11 bits per heavy atom. The van der Waals surface area contributed by atoms with E-state index in [0.29, 0.717) is 6.42 Å². The summed E-state index contributed by atoms with van der Waals surface area (Å²) in [7, 11) is 0. The molecule has 0 aliphatic heterocycles. The molecule has 4 N–H and O–H groups in total. The molecule has 5 nitrogen and oxygen atoms in total. The van der Waals surface area contributed by atoms with E-state index in [-0.39, 0.29) is 6.54 Å². The van der Waals surface area contributed by atoms with Gasteiger partial charge in [-0.3, -0.25) is 9.89 Å². The zero-order valence-corrected chi connectivity index (χ0v) is 9.84. The minimum Gasteiger partial charge on any atom is -0.481 e. The predicted octanol–water partition coefficient (Wildman–Crippen LogP) is 1.28. The number of hydrogen-bond donors (Lipinski definition) is 3. The molecule has 1 aromatic carbocycles. The molecule has 18 heavy (non-hydrogen) atoms. The third kappa shape index (κ3) is 2.75. The van der Waals surface area contributed by atoms with Crippen molar-refractivity contribution >= 4 is 5.97 Å². The second-order valence-corrected chi connectivity index (χ2v) is 4.12. The van der Waals surface area contributed by atoms with Crippen LogP contribution in [0.15, 0.2) is 36.4 Å². The van der Waals surface area contributed by atoms with Crippen molar-refractivity contribution in [2.75, 3.05) is 6.54 Å². The second kappa shape index (κ2) is 5.46. The molecule has 2 aromatic rings. The molecular formula is C13H15N3O2. The molecule has 0 saturated carbocycles. The average Bonchev–Trinajstić information content (AvgIpc) is 2.85. The molecule has 0 unspecified atom stereocenters. The van der Waals surface area contributed by atoms with Gasteiger partial charge in [-0.15, -0.1) is 0 Å². The number of carbonyl (C=O) groups is 1. The first-order chi connectivity index (χ1) is 8.70. The van der Waals surface area contributed by atoms with Crippen molar-refractivity contribution in [2.24, 2.45) is 11.7 Å². The molecule has 94 valence electrons. The van der Waals surface area contributed by atoms with Crippen molar-refractivity contribution in [1.82, 2.24) is 10.2 Å². The van der Waals surface area contributed by atoms with Crippen LogP contribution in [0.3, 0.4) is 0 Å². The minimum absolute atomic E-state index is 0.120. The third-order valence-electron chi connectivity index (χ3n) is 2.80. The number of nitrogens with zero attached hydrogens (tertiary/aromatic N) is 1. The normalized spacial score (nSPS) is 12.3. The van der Waals surface area contributed by atoms with Gasteiger partial charge in [0.15, 0.2) is 0 Å². The highest BCUT2D eigenvalue weighted by Crippen LogP contribution is 2.18. The number of hydrogen-bond acceptors (Lipinski definition) is 3. The fraction of sp³-hybridized carbons (Fsp3) is 0.231. The summed E-state index contributed by atoms with van der Waals surface area (Å²) in [5.74, 6) is -1.46. The molecule has 2 rings (SSSR count). The van der Waals surface area contributed by atoms with Crippen LogP contribution >= 0.6 is 0 Å². The van der Waals surface area contributed by atoms with Gasteiger partial charge in [-0.25, -0.2) is 0 Å². The Balaban J connectivity index is 2.14. The van der Waals surface area contributed by atoms with Gasteiger partial charge in [-0.2, -0.15) is 5.10 Å². The number of aromatic amines is 1. The quantitative estimate of drug-likeness (QED) is 0.739. The van der Waals surface area contributed by atoms with Crippen molar-refractivity contribution in [1.29, 1.82) is 0 Å². The number of nitrogens with one attached hydrogen (secondary N) is 1. The molecule has 0 fully saturated rings. The maximum absolute atomic E-state index is 10.9. The number of nitrogens with two attached hydrogens (primary N) is 1. The van der Waals surface area contributed by atoms with E-state index >= 15 is 0 Å². The van der Waals surface area contributed by atoms with Crippen LogP contribution in [-0.2, 0) is 11.2 Å². The number of carboxylic acids is 1. The number of rotatable bonds is 5. The third-order valence-corrected chi connectivity index (χ3v) is 2.80. The molecule has 1 heterocycles. The number of aliphatic carboxylic acids is 1. The van der Waals surface area contributed by atoms with E-state index in [0.717, 1.165) is 17.0 Å². The Hall–Kier alpha value is -2.14.